The lowest BCUT2D eigenvalue weighted by Gasteiger charge is -2.16. The summed E-state index contributed by atoms with van der Waals surface area (Å²) in [5, 5.41) is 0.937. The van der Waals surface area contributed by atoms with Crippen molar-refractivity contribution in [1.82, 2.24) is 4.98 Å². The van der Waals surface area contributed by atoms with E-state index in [1.54, 1.807) is 18.3 Å². The number of hydrogen-bond donors (Lipinski definition) is 0. The Balaban J connectivity index is 1.31. The summed E-state index contributed by atoms with van der Waals surface area (Å²) >= 11 is 1.65. The van der Waals surface area contributed by atoms with Crippen molar-refractivity contribution in [2.75, 3.05) is 26.4 Å². The summed E-state index contributed by atoms with van der Waals surface area (Å²) in [6.07, 6.45) is -0.144. The van der Waals surface area contributed by atoms with Crippen molar-refractivity contribution >= 4 is 27.5 Å². The number of ether oxygens (including phenoxy) is 4. The van der Waals surface area contributed by atoms with Gasteiger partial charge in [0.1, 0.15) is 29.7 Å². The van der Waals surface area contributed by atoms with Crippen LogP contribution in [-0.2, 0) is 20.7 Å². The van der Waals surface area contributed by atoms with Crippen LogP contribution in [0, 0.1) is 0 Å². The molecule has 0 saturated heterocycles. The Bertz CT molecular complexity index is 1200. The highest BCUT2D eigenvalue weighted by Crippen LogP contribution is 2.35. The Labute approximate surface area is 209 Å². The van der Waals surface area contributed by atoms with E-state index in [9.17, 15) is 4.79 Å². The molecule has 7 heteroatoms. The van der Waals surface area contributed by atoms with E-state index in [1.165, 1.54) is 0 Å². The van der Waals surface area contributed by atoms with Crippen LogP contribution in [0.1, 0.15) is 19.4 Å². The minimum Gasteiger partial charge on any atom is -0.490 e. The molecular weight excluding hydrogens is 462 g/mol. The predicted molar refractivity (Wildman–Crippen MR) is 138 cm³/mol. The van der Waals surface area contributed by atoms with Crippen LogP contribution in [0.5, 0.6) is 11.5 Å². The van der Waals surface area contributed by atoms with Crippen molar-refractivity contribution in [3.63, 3.8) is 0 Å². The maximum absolute atomic E-state index is 12.1. The summed E-state index contributed by atoms with van der Waals surface area (Å²) in [5.41, 5.74) is 2.94. The average Bonchev–Trinajstić information content (AvgIpc) is 3.32. The van der Waals surface area contributed by atoms with Crippen LogP contribution in [0.15, 0.2) is 72.8 Å². The van der Waals surface area contributed by atoms with Gasteiger partial charge in [-0.15, -0.1) is 11.3 Å². The Morgan fingerprint density at radius 3 is 2.40 bits per heavy atom. The second kappa shape index (κ2) is 12.3. The number of carbonyl (C=O) groups excluding carboxylic acids is 1. The number of rotatable bonds is 12. The molecule has 4 aromatic rings. The molecule has 0 aliphatic rings. The molecule has 0 radical (unpaired) electrons. The van der Waals surface area contributed by atoms with E-state index in [0.717, 1.165) is 37.9 Å². The molecule has 1 heterocycles. The van der Waals surface area contributed by atoms with Gasteiger partial charge >= 0.3 is 5.97 Å². The number of benzene rings is 3. The van der Waals surface area contributed by atoms with Crippen molar-refractivity contribution in [2.45, 2.75) is 26.4 Å². The SMILES string of the molecule is CCOC(=O)[C@H](Cc1ccc(OCCOc2ccccc2-c2nc3ccccc3s2)cc1)OCC. The lowest BCUT2D eigenvalue weighted by Crippen LogP contribution is -2.28. The number of fused-ring (bicyclic) bond motifs is 1. The third kappa shape index (κ3) is 6.59. The Kier molecular flexibility index (Phi) is 8.70. The number of esters is 1. The molecule has 1 aromatic heterocycles. The largest absolute Gasteiger partial charge is 0.490 e. The van der Waals surface area contributed by atoms with Crippen LogP contribution >= 0.6 is 11.3 Å². The number of para-hydroxylation sites is 2. The van der Waals surface area contributed by atoms with Gasteiger partial charge in [0.05, 0.1) is 22.4 Å². The van der Waals surface area contributed by atoms with Crippen molar-refractivity contribution in [3.05, 3.63) is 78.4 Å². The van der Waals surface area contributed by atoms with E-state index in [0.29, 0.717) is 32.8 Å². The van der Waals surface area contributed by atoms with E-state index in [1.807, 2.05) is 73.7 Å². The fourth-order valence-electron chi connectivity index (χ4n) is 3.65. The Morgan fingerprint density at radius 2 is 1.63 bits per heavy atom. The molecule has 0 amide bonds. The van der Waals surface area contributed by atoms with E-state index in [4.69, 9.17) is 23.9 Å². The van der Waals surface area contributed by atoms with E-state index < -0.39 is 6.10 Å². The first-order valence-electron chi connectivity index (χ1n) is 11.8. The monoisotopic (exact) mass is 491 g/mol. The minimum atomic E-state index is -0.601. The van der Waals surface area contributed by atoms with E-state index >= 15 is 0 Å². The molecule has 0 saturated carbocycles. The van der Waals surface area contributed by atoms with Crippen molar-refractivity contribution in [3.8, 4) is 22.1 Å². The van der Waals surface area contributed by atoms with Gasteiger partial charge in [0.2, 0.25) is 0 Å². The molecule has 6 nitrogen and oxygen atoms in total. The van der Waals surface area contributed by atoms with Crippen LogP contribution < -0.4 is 9.47 Å². The molecule has 0 aliphatic heterocycles. The normalized spacial score (nSPS) is 11.8. The smallest absolute Gasteiger partial charge is 0.335 e. The quantitative estimate of drug-likeness (QED) is 0.181. The molecule has 35 heavy (non-hydrogen) atoms. The fraction of sp³-hybridized carbons (Fsp3) is 0.286. The zero-order valence-electron chi connectivity index (χ0n) is 19.9. The van der Waals surface area contributed by atoms with E-state index in [-0.39, 0.29) is 5.97 Å². The molecule has 0 fully saturated rings. The molecular formula is C28H29NO5S. The third-order valence-electron chi connectivity index (χ3n) is 5.28. The summed E-state index contributed by atoms with van der Waals surface area (Å²) in [7, 11) is 0. The summed E-state index contributed by atoms with van der Waals surface area (Å²) in [4.78, 5) is 16.8. The predicted octanol–water partition coefficient (Wildman–Crippen LogP) is 5.93. The zero-order chi connectivity index (χ0) is 24.5. The van der Waals surface area contributed by atoms with Crippen molar-refractivity contribution in [1.29, 1.82) is 0 Å². The van der Waals surface area contributed by atoms with Crippen molar-refractivity contribution in [2.24, 2.45) is 0 Å². The fourth-order valence-corrected chi connectivity index (χ4v) is 4.65. The summed E-state index contributed by atoms with van der Waals surface area (Å²) in [6.45, 7) is 5.24. The van der Waals surface area contributed by atoms with Crippen LogP contribution in [0.25, 0.3) is 20.8 Å². The summed E-state index contributed by atoms with van der Waals surface area (Å²) < 4.78 is 23.7. The second-order valence-electron chi connectivity index (χ2n) is 7.72. The lowest BCUT2D eigenvalue weighted by molar-refractivity contribution is -0.156. The van der Waals surface area contributed by atoms with Gasteiger partial charge in [-0.25, -0.2) is 9.78 Å². The van der Waals surface area contributed by atoms with Crippen LogP contribution in [0.3, 0.4) is 0 Å². The topological polar surface area (TPSA) is 66.9 Å². The average molecular weight is 492 g/mol. The highest BCUT2D eigenvalue weighted by Gasteiger charge is 2.20. The first-order valence-corrected chi connectivity index (χ1v) is 12.6. The number of carbonyl (C=O) groups is 1. The van der Waals surface area contributed by atoms with Gasteiger partial charge in [0.15, 0.2) is 6.10 Å². The molecule has 0 bridgehead atoms. The molecule has 4 rings (SSSR count). The number of thiazole rings is 1. The second-order valence-corrected chi connectivity index (χ2v) is 8.75. The third-order valence-corrected chi connectivity index (χ3v) is 6.35. The van der Waals surface area contributed by atoms with Crippen LogP contribution in [0.4, 0.5) is 0 Å². The first-order chi connectivity index (χ1) is 17.2. The number of hydrogen-bond acceptors (Lipinski definition) is 7. The van der Waals surface area contributed by atoms with Crippen LogP contribution in [0.2, 0.25) is 0 Å². The highest BCUT2D eigenvalue weighted by molar-refractivity contribution is 7.21. The number of aromatic nitrogens is 1. The molecule has 1 atom stereocenters. The standard InChI is InChI=1S/C28H29NO5S/c1-3-31-25(28(30)32-4-2)19-20-13-15-21(16-14-20)33-17-18-34-24-11-7-5-9-22(24)27-29-23-10-6-8-12-26(23)35-27/h5-16,25H,3-4,17-19H2,1-2H3/t25-/m0/s1. The Hall–Kier alpha value is -3.42. The lowest BCUT2D eigenvalue weighted by atomic mass is 10.1. The molecule has 0 spiro atoms. The first kappa shape index (κ1) is 24.7. The maximum atomic E-state index is 12.1. The zero-order valence-corrected chi connectivity index (χ0v) is 20.8. The minimum absolute atomic E-state index is 0.335. The van der Waals surface area contributed by atoms with Gasteiger partial charge in [0, 0.05) is 13.0 Å². The summed E-state index contributed by atoms with van der Waals surface area (Å²) in [6, 6.07) is 23.7. The molecule has 182 valence electrons. The van der Waals surface area contributed by atoms with Gasteiger partial charge in [-0.2, -0.15) is 0 Å². The Morgan fingerprint density at radius 1 is 0.886 bits per heavy atom. The highest BCUT2D eigenvalue weighted by atomic mass is 32.1. The maximum Gasteiger partial charge on any atom is 0.335 e. The molecule has 3 aromatic carbocycles. The number of nitrogens with zero attached hydrogens (tertiary/aromatic N) is 1. The molecule has 0 aliphatic carbocycles. The summed E-state index contributed by atoms with van der Waals surface area (Å²) in [5.74, 6) is 1.19. The van der Waals surface area contributed by atoms with E-state index in [2.05, 4.69) is 6.07 Å². The van der Waals surface area contributed by atoms with Gasteiger partial charge in [-0.05, 0) is 55.8 Å². The van der Waals surface area contributed by atoms with Gasteiger partial charge in [0.25, 0.3) is 0 Å². The van der Waals surface area contributed by atoms with Gasteiger partial charge < -0.3 is 18.9 Å². The van der Waals surface area contributed by atoms with Crippen molar-refractivity contribution < 1.29 is 23.7 Å². The van der Waals surface area contributed by atoms with Crippen LogP contribution in [-0.4, -0.2) is 43.5 Å². The molecule has 0 unspecified atom stereocenters. The van der Waals surface area contributed by atoms with Gasteiger partial charge in [-0.1, -0.05) is 36.4 Å². The molecule has 0 N–H and O–H groups in total. The van der Waals surface area contributed by atoms with Gasteiger partial charge in [-0.3, -0.25) is 0 Å².